The minimum atomic E-state index is 0.891. The van der Waals surface area contributed by atoms with Crippen molar-refractivity contribution in [1.82, 2.24) is 0 Å². The molecule has 0 aromatic rings. The molecule has 0 amide bonds. The highest BCUT2D eigenvalue weighted by atomic mass is 14.9. The fourth-order valence-corrected chi connectivity index (χ4v) is 5.41. The Kier molecular flexibility index (Phi) is 5.91. The maximum absolute atomic E-state index is 5.05. The van der Waals surface area contributed by atoms with Crippen molar-refractivity contribution in [3.63, 3.8) is 0 Å². The number of allylic oxidation sites excluding steroid dienone is 14. The van der Waals surface area contributed by atoms with E-state index in [4.69, 9.17) is 20.0 Å². The van der Waals surface area contributed by atoms with Crippen LogP contribution in [0.1, 0.15) is 54.4 Å². The lowest BCUT2D eigenvalue weighted by molar-refractivity contribution is 1.15. The van der Waals surface area contributed by atoms with Gasteiger partial charge in [-0.1, -0.05) is 39.2 Å². The van der Waals surface area contributed by atoms with E-state index in [0.29, 0.717) is 0 Å². The molecule has 0 aromatic heterocycles. The van der Waals surface area contributed by atoms with Crippen molar-refractivity contribution >= 4 is 22.8 Å². The van der Waals surface area contributed by atoms with Gasteiger partial charge in [-0.05, 0) is 98.3 Å². The Morgan fingerprint density at radius 3 is 1.17 bits per heavy atom. The average molecular weight is 473 g/mol. The van der Waals surface area contributed by atoms with Gasteiger partial charge in [-0.15, -0.1) is 0 Å². The fourth-order valence-electron chi connectivity index (χ4n) is 5.41. The Hall–Kier alpha value is -3.92. The Morgan fingerprint density at radius 2 is 0.833 bits per heavy atom. The topological polar surface area (TPSA) is 49.4 Å². The van der Waals surface area contributed by atoms with Crippen molar-refractivity contribution in [3.05, 3.63) is 117 Å². The van der Waals surface area contributed by atoms with Gasteiger partial charge in [-0.25, -0.2) is 20.0 Å². The molecule has 0 saturated heterocycles. The number of aliphatic imine (C=N–C) groups is 4. The molecule has 4 heteroatoms. The summed E-state index contributed by atoms with van der Waals surface area (Å²) < 4.78 is 0. The summed E-state index contributed by atoms with van der Waals surface area (Å²) in [6.45, 7) is 21.0. The minimum absolute atomic E-state index is 0.891. The molecule has 5 aliphatic rings. The van der Waals surface area contributed by atoms with Crippen molar-refractivity contribution < 1.29 is 0 Å². The highest BCUT2D eigenvalue weighted by molar-refractivity contribution is 6.21. The van der Waals surface area contributed by atoms with Gasteiger partial charge in [0.25, 0.3) is 0 Å². The zero-order chi connectivity index (χ0) is 25.7. The van der Waals surface area contributed by atoms with E-state index < -0.39 is 0 Å². The third kappa shape index (κ3) is 3.60. The first kappa shape index (κ1) is 23.8. The number of hydrogen-bond acceptors (Lipinski definition) is 4. The van der Waals surface area contributed by atoms with Gasteiger partial charge < -0.3 is 0 Å². The lowest BCUT2D eigenvalue weighted by Gasteiger charge is -2.03. The van der Waals surface area contributed by atoms with E-state index in [1.807, 2.05) is 12.2 Å². The van der Waals surface area contributed by atoms with Crippen molar-refractivity contribution in [2.75, 3.05) is 0 Å². The molecule has 0 spiro atoms. The standard InChI is InChI=1S/C32H32N4/c1-9-21-17(5)25-14-30-23(11-3)19(7)27(35-30)16-32-24(12-4)20(8)28(36-32)15-31-22(10-2)18(6)26(34-31)13-29(21)33-25/h9,12-16H,1,4,10-11H2,2-3,5-8H3. The third-order valence-electron chi connectivity index (χ3n) is 7.59. The van der Waals surface area contributed by atoms with Crippen molar-refractivity contribution in [2.24, 2.45) is 20.0 Å². The number of nitrogens with zero attached hydrogens (tertiary/aromatic N) is 4. The summed E-state index contributed by atoms with van der Waals surface area (Å²) in [5.74, 6) is 0. The van der Waals surface area contributed by atoms with E-state index in [0.717, 1.165) is 80.8 Å². The zero-order valence-corrected chi connectivity index (χ0v) is 22.1. The second kappa shape index (κ2) is 8.94. The number of rotatable bonds is 4. The molecule has 5 rings (SSSR count). The lowest BCUT2D eigenvalue weighted by atomic mass is 9.98. The summed E-state index contributed by atoms with van der Waals surface area (Å²) in [5.41, 5.74) is 16.6. The second-order valence-corrected chi connectivity index (χ2v) is 9.51. The van der Waals surface area contributed by atoms with Crippen LogP contribution in [0.3, 0.4) is 0 Å². The van der Waals surface area contributed by atoms with Crippen LogP contribution in [0.5, 0.6) is 0 Å². The highest BCUT2D eigenvalue weighted by Gasteiger charge is 2.27. The first-order valence-corrected chi connectivity index (χ1v) is 12.6. The van der Waals surface area contributed by atoms with Gasteiger partial charge in [-0.2, -0.15) is 0 Å². The summed E-state index contributed by atoms with van der Waals surface area (Å²) in [4.78, 5) is 20.1. The van der Waals surface area contributed by atoms with Gasteiger partial charge in [-0.3, -0.25) is 0 Å². The van der Waals surface area contributed by atoms with E-state index in [1.54, 1.807) is 0 Å². The minimum Gasteiger partial charge on any atom is -0.248 e. The Morgan fingerprint density at radius 1 is 0.528 bits per heavy atom. The zero-order valence-electron chi connectivity index (χ0n) is 22.1. The molecule has 0 radical (unpaired) electrons. The maximum Gasteiger partial charge on any atom is 0.0734 e. The van der Waals surface area contributed by atoms with E-state index in [9.17, 15) is 0 Å². The van der Waals surface area contributed by atoms with Crippen molar-refractivity contribution in [1.29, 1.82) is 0 Å². The van der Waals surface area contributed by atoms with Crippen LogP contribution in [-0.2, 0) is 0 Å². The Bertz CT molecular complexity index is 1410. The van der Waals surface area contributed by atoms with Crippen LogP contribution in [0.4, 0.5) is 0 Å². The molecule has 5 aliphatic heterocycles. The Balaban J connectivity index is 1.82. The van der Waals surface area contributed by atoms with Crippen LogP contribution < -0.4 is 0 Å². The maximum atomic E-state index is 5.05. The average Bonchev–Trinajstić information content (AvgIpc) is 3.51. The molecule has 5 heterocycles. The SMILES string of the molecule is C=CC1=C(C)C2=CC3=NC(=CC4=NC(=CC5=NC(=CC1=N2)C(C)=C5CC)C(C)=C4C=C)C(C)=C3CC. The highest BCUT2D eigenvalue weighted by Crippen LogP contribution is 2.36. The molecule has 0 N–H and O–H groups in total. The summed E-state index contributed by atoms with van der Waals surface area (Å²) >= 11 is 0. The van der Waals surface area contributed by atoms with Crippen LogP contribution in [0.2, 0.25) is 0 Å². The number of fused-ring (bicyclic) bond motifs is 4. The van der Waals surface area contributed by atoms with Gasteiger partial charge in [0.15, 0.2) is 0 Å². The molecule has 8 bridgehead atoms. The molecule has 0 aliphatic carbocycles. The molecule has 0 aromatic carbocycles. The quantitative estimate of drug-likeness (QED) is 0.401. The summed E-state index contributed by atoms with van der Waals surface area (Å²) in [6.07, 6.45) is 14.0. The molecule has 36 heavy (non-hydrogen) atoms. The van der Waals surface area contributed by atoms with Crippen molar-refractivity contribution in [3.8, 4) is 0 Å². The molecule has 0 fully saturated rings. The molecule has 0 saturated carbocycles. The summed E-state index contributed by atoms with van der Waals surface area (Å²) in [5, 5.41) is 0. The Labute approximate surface area is 214 Å². The molecule has 0 unspecified atom stereocenters. The fraction of sp³-hybridized carbons (Fsp3) is 0.250. The largest absolute Gasteiger partial charge is 0.248 e. The third-order valence-corrected chi connectivity index (χ3v) is 7.59. The smallest absolute Gasteiger partial charge is 0.0734 e. The van der Waals surface area contributed by atoms with Crippen LogP contribution in [0.25, 0.3) is 0 Å². The predicted molar refractivity (Wildman–Crippen MR) is 154 cm³/mol. The van der Waals surface area contributed by atoms with Crippen LogP contribution >= 0.6 is 0 Å². The molecule has 180 valence electrons. The van der Waals surface area contributed by atoms with Crippen LogP contribution in [-0.4, -0.2) is 22.8 Å². The van der Waals surface area contributed by atoms with Gasteiger partial charge in [0, 0.05) is 11.1 Å². The summed E-state index contributed by atoms with van der Waals surface area (Å²) in [7, 11) is 0. The van der Waals surface area contributed by atoms with E-state index in [1.165, 1.54) is 22.3 Å². The van der Waals surface area contributed by atoms with E-state index in [2.05, 4.69) is 79.0 Å². The van der Waals surface area contributed by atoms with E-state index in [-0.39, 0.29) is 0 Å². The van der Waals surface area contributed by atoms with E-state index >= 15 is 0 Å². The number of hydrogen-bond donors (Lipinski definition) is 0. The van der Waals surface area contributed by atoms with Crippen LogP contribution in [0, 0.1) is 0 Å². The lowest BCUT2D eigenvalue weighted by Crippen LogP contribution is -1.97. The molecular formula is C32H32N4. The van der Waals surface area contributed by atoms with Gasteiger partial charge in [0.05, 0.1) is 45.6 Å². The van der Waals surface area contributed by atoms with Gasteiger partial charge in [0.2, 0.25) is 0 Å². The summed E-state index contributed by atoms with van der Waals surface area (Å²) in [6, 6.07) is 0. The predicted octanol–water partition coefficient (Wildman–Crippen LogP) is 7.81. The first-order valence-electron chi connectivity index (χ1n) is 12.6. The molecule has 4 nitrogen and oxygen atoms in total. The molecule has 0 atom stereocenters. The van der Waals surface area contributed by atoms with Crippen molar-refractivity contribution in [2.45, 2.75) is 54.4 Å². The van der Waals surface area contributed by atoms with Gasteiger partial charge in [0.1, 0.15) is 0 Å². The van der Waals surface area contributed by atoms with Crippen LogP contribution in [0.15, 0.2) is 137 Å². The normalized spacial score (nSPS) is 21.3. The molecular weight excluding hydrogens is 440 g/mol. The van der Waals surface area contributed by atoms with Gasteiger partial charge >= 0.3 is 0 Å². The monoisotopic (exact) mass is 472 g/mol. The second-order valence-electron chi connectivity index (χ2n) is 9.51. The first-order chi connectivity index (χ1) is 17.3.